The lowest BCUT2D eigenvalue weighted by Crippen LogP contribution is -2.35. The molecule has 1 aromatic carbocycles. The van der Waals surface area contributed by atoms with Crippen LogP contribution in [0, 0.1) is 0 Å². The number of benzene rings is 1. The van der Waals surface area contributed by atoms with Crippen molar-refractivity contribution in [3.8, 4) is 0 Å². The van der Waals surface area contributed by atoms with E-state index >= 15 is 0 Å². The maximum absolute atomic E-state index is 5.61. The molecule has 0 amide bonds. The van der Waals surface area contributed by atoms with Crippen molar-refractivity contribution in [2.75, 3.05) is 27.9 Å². The van der Waals surface area contributed by atoms with Gasteiger partial charge in [-0.1, -0.05) is 30.3 Å². The Morgan fingerprint density at radius 2 is 1.53 bits per heavy atom. The smallest absolute Gasteiger partial charge is 0.282 e. The van der Waals surface area contributed by atoms with Crippen LogP contribution in [0.15, 0.2) is 30.3 Å². The predicted octanol–water partition coefficient (Wildman–Crippen LogP) is 2.97. The summed E-state index contributed by atoms with van der Waals surface area (Å²) in [5.41, 5.74) is 1.20. The third-order valence-corrected chi connectivity index (χ3v) is 3.07. The van der Waals surface area contributed by atoms with Crippen LogP contribution in [0.5, 0.6) is 0 Å². The Hall–Kier alpha value is -0.940. The standard InChI is InChI=1S/C15H24O4/c1-16-15(17-2,18-3)11-7-8-12-19-13-14-9-5-4-6-10-14/h4-6,9-10H,7-8,11-13H2,1-3H3. The van der Waals surface area contributed by atoms with E-state index in [0.29, 0.717) is 13.0 Å². The lowest BCUT2D eigenvalue weighted by atomic mass is 10.2. The summed E-state index contributed by atoms with van der Waals surface area (Å²) in [5, 5.41) is 0. The SMILES string of the molecule is COC(CCCCOCc1ccccc1)(OC)OC. The molecule has 19 heavy (non-hydrogen) atoms. The molecule has 0 aromatic heterocycles. The summed E-state index contributed by atoms with van der Waals surface area (Å²) in [4.78, 5) is 0. The van der Waals surface area contributed by atoms with Gasteiger partial charge in [0.05, 0.1) is 6.61 Å². The first kappa shape index (κ1) is 16.1. The summed E-state index contributed by atoms with van der Waals surface area (Å²) in [6.07, 6.45) is 2.56. The lowest BCUT2D eigenvalue weighted by molar-refractivity contribution is -0.355. The minimum Gasteiger partial charge on any atom is -0.377 e. The highest BCUT2D eigenvalue weighted by molar-refractivity contribution is 5.13. The van der Waals surface area contributed by atoms with Gasteiger partial charge < -0.3 is 18.9 Å². The van der Waals surface area contributed by atoms with E-state index in [1.165, 1.54) is 5.56 Å². The molecule has 0 saturated carbocycles. The molecule has 0 spiro atoms. The van der Waals surface area contributed by atoms with Gasteiger partial charge in [-0.3, -0.25) is 0 Å². The molecule has 0 aliphatic carbocycles. The topological polar surface area (TPSA) is 36.9 Å². The van der Waals surface area contributed by atoms with E-state index in [4.69, 9.17) is 18.9 Å². The van der Waals surface area contributed by atoms with Crippen LogP contribution in [0.3, 0.4) is 0 Å². The van der Waals surface area contributed by atoms with Gasteiger partial charge in [0.25, 0.3) is 5.97 Å². The molecule has 0 aliphatic heterocycles. The van der Waals surface area contributed by atoms with Crippen molar-refractivity contribution in [1.29, 1.82) is 0 Å². The van der Waals surface area contributed by atoms with Gasteiger partial charge in [-0.15, -0.1) is 0 Å². The Balaban J connectivity index is 2.11. The molecule has 1 rings (SSSR count). The molecule has 4 heteroatoms. The highest BCUT2D eigenvalue weighted by Crippen LogP contribution is 2.20. The van der Waals surface area contributed by atoms with Gasteiger partial charge in [0, 0.05) is 34.4 Å². The van der Waals surface area contributed by atoms with E-state index in [2.05, 4.69) is 12.1 Å². The summed E-state index contributed by atoms with van der Waals surface area (Å²) in [7, 11) is 4.75. The van der Waals surface area contributed by atoms with Gasteiger partial charge in [-0.2, -0.15) is 0 Å². The Kier molecular flexibility index (Phi) is 7.67. The van der Waals surface area contributed by atoms with E-state index in [0.717, 1.165) is 19.4 Å². The zero-order valence-corrected chi connectivity index (χ0v) is 12.1. The van der Waals surface area contributed by atoms with Crippen LogP contribution in [0.4, 0.5) is 0 Å². The summed E-state index contributed by atoms with van der Waals surface area (Å²) < 4.78 is 21.3. The van der Waals surface area contributed by atoms with Crippen molar-refractivity contribution in [2.24, 2.45) is 0 Å². The second-order valence-electron chi connectivity index (χ2n) is 4.29. The van der Waals surface area contributed by atoms with Crippen molar-refractivity contribution >= 4 is 0 Å². The van der Waals surface area contributed by atoms with E-state index < -0.39 is 5.97 Å². The van der Waals surface area contributed by atoms with Crippen molar-refractivity contribution < 1.29 is 18.9 Å². The molecule has 108 valence electrons. The third kappa shape index (κ3) is 5.70. The minimum atomic E-state index is -0.917. The van der Waals surface area contributed by atoms with Gasteiger partial charge in [0.1, 0.15) is 0 Å². The van der Waals surface area contributed by atoms with Crippen LogP contribution in [0.25, 0.3) is 0 Å². The Morgan fingerprint density at radius 3 is 2.11 bits per heavy atom. The molecular weight excluding hydrogens is 244 g/mol. The molecule has 0 fully saturated rings. The summed E-state index contributed by atoms with van der Waals surface area (Å²) in [6.45, 7) is 1.38. The second-order valence-corrected chi connectivity index (χ2v) is 4.29. The van der Waals surface area contributed by atoms with Gasteiger partial charge in [0.15, 0.2) is 0 Å². The minimum absolute atomic E-state index is 0.658. The van der Waals surface area contributed by atoms with Crippen LogP contribution >= 0.6 is 0 Å². The largest absolute Gasteiger partial charge is 0.377 e. The second kappa shape index (κ2) is 9.04. The Morgan fingerprint density at radius 1 is 0.895 bits per heavy atom. The third-order valence-electron chi connectivity index (χ3n) is 3.07. The number of ether oxygens (including phenoxy) is 4. The molecule has 0 N–H and O–H groups in total. The number of hydrogen-bond donors (Lipinski definition) is 0. The maximum atomic E-state index is 5.61. The first-order chi connectivity index (χ1) is 9.26. The van der Waals surface area contributed by atoms with Crippen LogP contribution in [-0.2, 0) is 25.6 Å². The van der Waals surface area contributed by atoms with Crippen molar-refractivity contribution in [3.63, 3.8) is 0 Å². The molecule has 0 radical (unpaired) electrons. The Labute approximate surface area is 115 Å². The van der Waals surface area contributed by atoms with E-state index in [9.17, 15) is 0 Å². The van der Waals surface area contributed by atoms with Crippen molar-refractivity contribution in [3.05, 3.63) is 35.9 Å². The summed E-state index contributed by atoms with van der Waals surface area (Å²) in [6, 6.07) is 10.2. The van der Waals surface area contributed by atoms with Crippen LogP contribution < -0.4 is 0 Å². The van der Waals surface area contributed by atoms with Crippen LogP contribution in [-0.4, -0.2) is 33.9 Å². The molecule has 0 aliphatic rings. The average Bonchev–Trinajstić information content (AvgIpc) is 2.48. The normalized spacial score (nSPS) is 11.7. The van der Waals surface area contributed by atoms with Gasteiger partial charge in [-0.25, -0.2) is 0 Å². The number of methoxy groups -OCH3 is 3. The van der Waals surface area contributed by atoms with Gasteiger partial charge >= 0.3 is 0 Å². The van der Waals surface area contributed by atoms with E-state index in [1.807, 2.05) is 18.2 Å². The molecule has 4 nitrogen and oxygen atoms in total. The first-order valence-corrected chi connectivity index (χ1v) is 6.53. The molecule has 1 aromatic rings. The van der Waals surface area contributed by atoms with Crippen molar-refractivity contribution in [1.82, 2.24) is 0 Å². The quantitative estimate of drug-likeness (QED) is 0.483. The predicted molar refractivity (Wildman–Crippen MR) is 73.7 cm³/mol. The number of rotatable bonds is 10. The highest BCUT2D eigenvalue weighted by Gasteiger charge is 2.28. The highest BCUT2D eigenvalue weighted by atomic mass is 16.9. The molecular formula is C15H24O4. The maximum Gasteiger partial charge on any atom is 0.282 e. The zero-order chi connectivity index (χ0) is 14.0. The summed E-state index contributed by atoms with van der Waals surface area (Å²) >= 11 is 0. The molecule has 0 unspecified atom stereocenters. The number of hydrogen-bond acceptors (Lipinski definition) is 4. The monoisotopic (exact) mass is 268 g/mol. The average molecular weight is 268 g/mol. The van der Waals surface area contributed by atoms with Crippen molar-refractivity contribution in [2.45, 2.75) is 31.8 Å². The van der Waals surface area contributed by atoms with E-state index in [-0.39, 0.29) is 0 Å². The van der Waals surface area contributed by atoms with Crippen LogP contribution in [0.2, 0.25) is 0 Å². The molecule has 0 atom stereocenters. The Bertz CT molecular complexity index is 314. The fourth-order valence-electron chi connectivity index (χ4n) is 1.87. The fourth-order valence-corrected chi connectivity index (χ4v) is 1.87. The molecule has 0 saturated heterocycles. The van der Waals surface area contributed by atoms with Gasteiger partial charge in [-0.05, 0) is 18.4 Å². The summed E-state index contributed by atoms with van der Waals surface area (Å²) in [5.74, 6) is -0.917. The van der Waals surface area contributed by atoms with E-state index in [1.54, 1.807) is 21.3 Å². The molecule has 0 bridgehead atoms. The fraction of sp³-hybridized carbons (Fsp3) is 0.600. The van der Waals surface area contributed by atoms with Crippen LogP contribution in [0.1, 0.15) is 24.8 Å². The molecule has 0 heterocycles. The lowest BCUT2D eigenvalue weighted by Gasteiger charge is -2.28. The first-order valence-electron chi connectivity index (χ1n) is 6.53. The number of unbranched alkanes of at least 4 members (excludes halogenated alkanes) is 1. The van der Waals surface area contributed by atoms with Gasteiger partial charge in [0.2, 0.25) is 0 Å². The zero-order valence-electron chi connectivity index (χ0n) is 12.1.